The Bertz CT molecular complexity index is 941. The molecule has 0 saturated carbocycles. The van der Waals surface area contributed by atoms with E-state index in [0.29, 0.717) is 23.1 Å². The van der Waals surface area contributed by atoms with Crippen LogP contribution in [0.1, 0.15) is 10.4 Å². The van der Waals surface area contributed by atoms with E-state index in [-0.39, 0.29) is 5.91 Å². The number of amides is 1. The highest BCUT2D eigenvalue weighted by atomic mass is 16.5. The minimum atomic E-state index is -0.277. The molecule has 9 heteroatoms. The number of hydrogen-bond donors (Lipinski definition) is 1. The number of carbonyl (C=O) groups excluding carboxylic acids is 1. The molecule has 0 aromatic carbocycles. The summed E-state index contributed by atoms with van der Waals surface area (Å²) in [4.78, 5) is 33.9. The number of hydrogen-bond acceptors (Lipinski definition) is 8. The van der Waals surface area contributed by atoms with Crippen LogP contribution >= 0.6 is 0 Å². The molecule has 1 N–H and O–H groups in total. The van der Waals surface area contributed by atoms with Gasteiger partial charge in [0.2, 0.25) is 11.8 Å². The molecule has 3 aromatic heterocycles. The summed E-state index contributed by atoms with van der Waals surface area (Å²) in [6.07, 6.45) is 6.49. The number of carbonyl (C=O) groups is 1. The number of anilines is 3. The van der Waals surface area contributed by atoms with E-state index in [2.05, 4.69) is 35.1 Å². The molecule has 4 heterocycles. The fraction of sp³-hybridized carbons (Fsp3) is 0.250. The Hall–Kier alpha value is -3.75. The van der Waals surface area contributed by atoms with Gasteiger partial charge in [-0.05, 0) is 18.2 Å². The van der Waals surface area contributed by atoms with E-state index in [1.165, 1.54) is 13.3 Å². The van der Waals surface area contributed by atoms with E-state index in [9.17, 15) is 4.79 Å². The zero-order valence-electron chi connectivity index (χ0n) is 16.0. The molecule has 1 fully saturated rings. The molecular weight excluding hydrogens is 370 g/mol. The van der Waals surface area contributed by atoms with Crippen molar-refractivity contribution < 1.29 is 9.53 Å². The first-order chi connectivity index (χ1) is 14.2. The third-order valence-corrected chi connectivity index (χ3v) is 4.64. The quantitative estimate of drug-likeness (QED) is 0.704. The van der Waals surface area contributed by atoms with Gasteiger partial charge in [-0.2, -0.15) is 0 Å². The molecular formula is C20H21N7O2. The van der Waals surface area contributed by atoms with E-state index >= 15 is 0 Å². The second-order valence-corrected chi connectivity index (χ2v) is 6.48. The normalized spacial score (nSPS) is 13.8. The molecule has 9 nitrogen and oxygen atoms in total. The first-order valence-electron chi connectivity index (χ1n) is 9.27. The number of ether oxygens (including phenoxy) is 1. The smallest absolute Gasteiger partial charge is 0.257 e. The van der Waals surface area contributed by atoms with Gasteiger partial charge in [-0.15, -0.1) is 0 Å². The van der Waals surface area contributed by atoms with Gasteiger partial charge in [0.1, 0.15) is 5.82 Å². The lowest BCUT2D eigenvalue weighted by atomic mass is 10.2. The highest BCUT2D eigenvalue weighted by molar-refractivity contribution is 6.03. The van der Waals surface area contributed by atoms with Crippen molar-refractivity contribution in [1.29, 1.82) is 0 Å². The van der Waals surface area contributed by atoms with Crippen LogP contribution in [0, 0.1) is 0 Å². The largest absolute Gasteiger partial charge is 0.481 e. The van der Waals surface area contributed by atoms with Gasteiger partial charge in [0.15, 0.2) is 0 Å². The molecule has 0 radical (unpaired) electrons. The van der Waals surface area contributed by atoms with Gasteiger partial charge in [0.25, 0.3) is 5.91 Å². The lowest BCUT2D eigenvalue weighted by Crippen LogP contribution is -2.47. The number of piperazine rings is 1. The topological polar surface area (TPSA) is 96.4 Å². The van der Waals surface area contributed by atoms with Crippen LogP contribution in [0.4, 0.5) is 17.5 Å². The molecule has 0 bridgehead atoms. The second kappa shape index (κ2) is 8.51. The Morgan fingerprint density at radius 2 is 1.69 bits per heavy atom. The number of methoxy groups -OCH3 is 1. The Morgan fingerprint density at radius 3 is 2.31 bits per heavy atom. The van der Waals surface area contributed by atoms with Crippen LogP contribution < -0.4 is 19.9 Å². The maximum atomic E-state index is 12.3. The van der Waals surface area contributed by atoms with Crippen LogP contribution in [0.25, 0.3) is 0 Å². The van der Waals surface area contributed by atoms with Crippen LogP contribution in [0.5, 0.6) is 5.88 Å². The van der Waals surface area contributed by atoms with E-state index in [0.717, 1.165) is 32.0 Å². The molecule has 1 aliphatic heterocycles. The van der Waals surface area contributed by atoms with Gasteiger partial charge in [0, 0.05) is 44.6 Å². The first-order valence-corrected chi connectivity index (χ1v) is 9.27. The minimum absolute atomic E-state index is 0.277. The summed E-state index contributed by atoms with van der Waals surface area (Å²) in [5.74, 6) is 1.81. The lowest BCUT2D eigenvalue weighted by molar-refractivity contribution is 0.102. The van der Waals surface area contributed by atoms with Crippen molar-refractivity contribution in [2.45, 2.75) is 0 Å². The van der Waals surface area contributed by atoms with Crippen molar-refractivity contribution in [3.63, 3.8) is 0 Å². The number of nitrogens with one attached hydrogen (secondary N) is 1. The van der Waals surface area contributed by atoms with Crippen molar-refractivity contribution >= 4 is 23.4 Å². The van der Waals surface area contributed by atoms with E-state index in [1.54, 1.807) is 30.7 Å². The monoisotopic (exact) mass is 391 g/mol. The average Bonchev–Trinajstić information content (AvgIpc) is 2.80. The van der Waals surface area contributed by atoms with Crippen LogP contribution in [-0.2, 0) is 0 Å². The molecule has 29 heavy (non-hydrogen) atoms. The fourth-order valence-corrected chi connectivity index (χ4v) is 3.06. The van der Waals surface area contributed by atoms with E-state index in [1.807, 2.05) is 18.2 Å². The summed E-state index contributed by atoms with van der Waals surface area (Å²) in [6, 6.07) is 9.21. The number of rotatable bonds is 5. The van der Waals surface area contributed by atoms with Gasteiger partial charge < -0.3 is 19.9 Å². The molecule has 1 aliphatic rings. The molecule has 3 aromatic rings. The summed E-state index contributed by atoms with van der Waals surface area (Å²) >= 11 is 0. The SMILES string of the molecule is COc1ccc(C(=O)Nc2cnc(N3CCN(c4ccccn4)CC3)nc2)cn1. The number of pyridine rings is 2. The summed E-state index contributed by atoms with van der Waals surface area (Å²) in [5, 5.41) is 2.77. The fourth-order valence-electron chi connectivity index (χ4n) is 3.06. The van der Waals surface area contributed by atoms with Gasteiger partial charge in [0.05, 0.1) is 30.8 Å². The molecule has 0 aliphatic carbocycles. The Labute approximate surface area is 168 Å². The van der Waals surface area contributed by atoms with Crippen molar-refractivity contribution in [1.82, 2.24) is 19.9 Å². The maximum absolute atomic E-state index is 12.3. The zero-order chi connectivity index (χ0) is 20.1. The standard InChI is InChI=1S/C20H21N7O2/c1-29-18-6-5-15(12-22-18)19(28)25-16-13-23-20(24-14-16)27-10-8-26(9-11-27)17-4-2-3-7-21-17/h2-7,12-14H,8-11H2,1H3,(H,25,28). The van der Waals surface area contributed by atoms with Crippen molar-refractivity contribution in [2.24, 2.45) is 0 Å². The van der Waals surface area contributed by atoms with Crippen LogP contribution in [0.15, 0.2) is 55.1 Å². The third kappa shape index (κ3) is 4.40. The highest BCUT2D eigenvalue weighted by Gasteiger charge is 2.19. The summed E-state index contributed by atoms with van der Waals surface area (Å²) < 4.78 is 5.00. The predicted molar refractivity (Wildman–Crippen MR) is 109 cm³/mol. The highest BCUT2D eigenvalue weighted by Crippen LogP contribution is 2.17. The molecule has 0 atom stereocenters. The summed E-state index contributed by atoms with van der Waals surface area (Å²) in [6.45, 7) is 3.31. The molecule has 0 spiro atoms. The van der Waals surface area contributed by atoms with Gasteiger partial charge in [-0.1, -0.05) is 6.07 Å². The molecule has 148 valence electrons. The third-order valence-electron chi connectivity index (χ3n) is 4.64. The number of nitrogens with zero attached hydrogens (tertiary/aromatic N) is 6. The van der Waals surface area contributed by atoms with Crippen LogP contribution in [0.3, 0.4) is 0 Å². The van der Waals surface area contributed by atoms with Crippen LogP contribution in [-0.4, -0.2) is 59.1 Å². The predicted octanol–water partition coefficient (Wildman–Crippen LogP) is 1.85. The van der Waals surface area contributed by atoms with Crippen molar-refractivity contribution in [3.8, 4) is 5.88 Å². The van der Waals surface area contributed by atoms with Gasteiger partial charge >= 0.3 is 0 Å². The molecule has 1 saturated heterocycles. The number of aromatic nitrogens is 4. The summed E-state index contributed by atoms with van der Waals surface area (Å²) in [5.41, 5.74) is 0.960. The zero-order valence-corrected chi connectivity index (χ0v) is 16.0. The van der Waals surface area contributed by atoms with Crippen molar-refractivity contribution in [2.75, 3.05) is 48.4 Å². The van der Waals surface area contributed by atoms with Gasteiger partial charge in [-0.25, -0.2) is 19.9 Å². The molecule has 1 amide bonds. The second-order valence-electron chi connectivity index (χ2n) is 6.48. The Kier molecular flexibility index (Phi) is 5.46. The van der Waals surface area contributed by atoms with E-state index < -0.39 is 0 Å². The van der Waals surface area contributed by atoms with E-state index in [4.69, 9.17) is 4.74 Å². The average molecular weight is 391 g/mol. The Morgan fingerprint density at radius 1 is 0.931 bits per heavy atom. The van der Waals surface area contributed by atoms with Gasteiger partial charge in [-0.3, -0.25) is 4.79 Å². The molecule has 4 rings (SSSR count). The minimum Gasteiger partial charge on any atom is -0.481 e. The van der Waals surface area contributed by atoms with Crippen LogP contribution in [0.2, 0.25) is 0 Å². The maximum Gasteiger partial charge on any atom is 0.257 e. The van der Waals surface area contributed by atoms with Crippen molar-refractivity contribution in [3.05, 3.63) is 60.7 Å². The summed E-state index contributed by atoms with van der Waals surface area (Å²) in [7, 11) is 1.53. The molecule has 0 unspecified atom stereocenters. The lowest BCUT2D eigenvalue weighted by Gasteiger charge is -2.35. The Balaban J connectivity index is 1.34. The first kappa shape index (κ1) is 18.6.